The van der Waals surface area contributed by atoms with Crippen LogP contribution in [0, 0.1) is 0 Å². The highest BCUT2D eigenvalue weighted by Gasteiger charge is 2.21. The molecule has 0 spiro atoms. The standard InChI is InChI=1S/C27H35ClN2O2/c1-20(31)30-17-12-22-4-5-25(19-24(22)13-18-30)27(32)3-2-14-29-15-10-23(11-16-29)21-6-8-26(28)9-7-21/h4-9,19,23,27,32H,2-3,10-18H2,1H3. The molecule has 4 nitrogen and oxygen atoms in total. The number of likely N-dealkylation sites (tertiary alicyclic amines) is 1. The molecule has 172 valence electrons. The predicted molar refractivity (Wildman–Crippen MR) is 130 cm³/mol. The number of nitrogens with zero attached hydrogens (tertiary/aromatic N) is 2. The van der Waals surface area contributed by atoms with E-state index in [1.807, 2.05) is 17.0 Å². The summed E-state index contributed by atoms with van der Waals surface area (Å²) in [7, 11) is 0. The van der Waals surface area contributed by atoms with E-state index >= 15 is 0 Å². The van der Waals surface area contributed by atoms with Crippen LogP contribution in [0.4, 0.5) is 0 Å². The molecular weight excluding hydrogens is 420 g/mol. The monoisotopic (exact) mass is 454 g/mol. The first-order valence-corrected chi connectivity index (χ1v) is 12.4. The minimum atomic E-state index is -0.418. The van der Waals surface area contributed by atoms with Crippen LogP contribution in [-0.4, -0.2) is 53.5 Å². The van der Waals surface area contributed by atoms with Crippen LogP contribution in [0.25, 0.3) is 0 Å². The number of halogens is 1. The number of carbonyl (C=O) groups excluding carboxylic acids is 1. The van der Waals surface area contributed by atoms with Crippen molar-refractivity contribution in [1.29, 1.82) is 0 Å². The third kappa shape index (κ3) is 5.92. The Hall–Kier alpha value is -1.88. The Morgan fingerprint density at radius 1 is 1.03 bits per heavy atom. The van der Waals surface area contributed by atoms with Gasteiger partial charge in [0.15, 0.2) is 0 Å². The summed E-state index contributed by atoms with van der Waals surface area (Å²) < 4.78 is 0. The van der Waals surface area contributed by atoms with Gasteiger partial charge in [0.1, 0.15) is 0 Å². The van der Waals surface area contributed by atoms with Crippen molar-refractivity contribution in [2.75, 3.05) is 32.7 Å². The molecule has 32 heavy (non-hydrogen) atoms. The molecule has 1 unspecified atom stereocenters. The van der Waals surface area contributed by atoms with Crippen molar-refractivity contribution in [3.05, 3.63) is 69.7 Å². The van der Waals surface area contributed by atoms with Crippen LogP contribution in [0.5, 0.6) is 0 Å². The number of aliphatic hydroxyl groups is 1. The van der Waals surface area contributed by atoms with Gasteiger partial charge in [0.25, 0.3) is 0 Å². The fraction of sp³-hybridized carbons (Fsp3) is 0.519. The second-order valence-electron chi connectivity index (χ2n) is 9.36. The number of piperidine rings is 1. The van der Waals surface area contributed by atoms with E-state index in [1.165, 1.54) is 29.5 Å². The maximum Gasteiger partial charge on any atom is 0.219 e. The number of carbonyl (C=O) groups is 1. The summed E-state index contributed by atoms with van der Waals surface area (Å²) in [5.41, 5.74) is 5.02. The highest BCUT2D eigenvalue weighted by Crippen LogP contribution is 2.29. The maximum atomic E-state index is 11.7. The van der Waals surface area contributed by atoms with Crippen LogP contribution in [0.1, 0.15) is 66.9 Å². The number of amides is 1. The summed E-state index contributed by atoms with van der Waals surface area (Å²) in [5, 5.41) is 11.6. The number of aliphatic hydroxyl groups excluding tert-OH is 1. The molecule has 1 saturated heterocycles. The average Bonchev–Trinajstić information content (AvgIpc) is 3.02. The molecule has 0 bridgehead atoms. The lowest BCUT2D eigenvalue weighted by atomic mass is 9.89. The zero-order chi connectivity index (χ0) is 22.5. The molecule has 1 N–H and O–H groups in total. The lowest BCUT2D eigenvalue weighted by molar-refractivity contribution is -0.128. The summed E-state index contributed by atoms with van der Waals surface area (Å²) in [6.45, 7) is 6.49. The molecule has 0 saturated carbocycles. The fourth-order valence-corrected chi connectivity index (χ4v) is 5.29. The second-order valence-corrected chi connectivity index (χ2v) is 9.80. The van der Waals surface area contributed by atoms with E-state index in [-0.39, 0.29) is 5.91 Å². The van der Waals surface area contributed by atoms with Crippen LogP contribution in [0.15, 0.2) is 42.5 Å². The molecule has 1 amide bonds. The van der Waals surface area contributed by atoms with Crippen molar-refractivity contribution < 1.29 is 9.90 Å². The van der Waals surface area contributed by atoms with Gasteiger partial charge >= 0.3 is 0 Å². The third-order valence-electron chi connectivity index (χ3n) is 7.24. The van der Waals surface area contributed by atoms with Crippen molar-refractivity contribution in [1.82, 2.24) is 9.80 Å². The SMILES string of the molecule is CC(=O)N1CCc2ccc(C(O)CCCN3CCC(c4ccc(Cl)cc4)CC3)cc2CC1. The fourth-order valence-electron chi connectivity index (χ4n) is 5.17. The molecule has 0 radical (unpaired) electrons. The maximum absolute atomic E-state index is 11.7. The van der Waals surface area contributed by atoms with Gasteiger partial charge in [-0.3, -0.25) is 4.79 Å². The summed E-state index contributed by atoms with van der Waals surface area (Å²) in [4.78, 5) is 16.2. The summed E-state index contributed by atoms with van der Waals surface area (Å²) in [6.07, 6.45) is 5.52. The molecule has 1 atom stereocenters. The second kappa shape index (κ2) is 10.8. The molecule has 5 heteroatoms. The number of hydrogen-bond donors (Lipinski definition) is 1. The van der Waals surface area contributed by atoms with Crippen molar-refractivity contribution in [2.24, 2.45) is 0 Å². The molecular formula is C27H35ClN2O2. The Bertz CT molecular complexity index is 906. The van der Waals surface area contributed by atoms with E-state index in [2.05, 4.69) is 35.2 Å². The Balaban J connectivity index is 1.22. The van der Waals surface area contributed by atoms with E-state index < -0.39 is 6.10 Å². The molecule has 0 aromatic heterocycles. The number of fused-ring (bicyclic) bond motifs is 1. The molecule has 2 aromatic carbocycles. The minimum absolute atomic E-state index is 0.148. The highest BCUT2D eigenvalue weighted by molar-refractivity contribution is 6.30. The van der Waals surface area contributed by atoms with Gasteiger partial charge in [-0.1, -0.05) is 41.9 Å². The Labute approximate surface area is 197 Å². The molecule has 1 fully saturated rings. The molecule has 2 aliphatic heterocycles. The van der Waals surface area contributed by atoms with Gasteiger partial charge in [0, 0.05) is 25.0 Å². The first-order valence-electron chi connectivity index (χ1n) is 12.0. The van der Waals surface area contributed by atoms with Crippen molar-refractivity contribution in [2.45, 2.75) is 57.5 Å². The number of rotatable bonds is 6. The summed E-state index contributed by atoms with van der Waals surface area (Å²) in [6, 6.07) is 14.7. The van der Waals surface area contributed by atoms with Gasteiger partial charge in [0.2, 0.25) is 5.91 Å². The van der Waals surface area contributed by atoms with Gasteiger partial charge in [-0.25, -0.2) is 0 Å². The van der Waals surface area contributed by atoms with Crippen LogP contribution in [0.2, 0.25) is 5.02 Å². The molecule has 2 aliphatic rings. The topological polar surface area (TPSA) is 43.8 Å². The smallest absolute Gasteiger partial charge is 0.219 e. The van der Waals surface area contributed by atoms with E-state index in [4.69, 9.17) is 11.6 Å². The Kier molecular flexibility index (Phi) is 7.88. The van der Waals surface area contributed by atoms with Gasteiger partial charge in [-0.2, -0.15) is 0 Å². The predicted octanol–water partition coefficient (Wildman–Crippen LogP) is 4.98. The number of benzene rings is 2. The summed E-state index contributed by atoms with van der Waals surface area (Å²) in [5.74, 6) is 0.780. The zero-order valence-electron chi connectivity index (χ0n) is 19.1. The van der Waals surface area contributed by atoms with E-state index in [1.54, 1.807) is 6.92 Å². The first kappa shape index (κ1) is 23.3. The van der Waals surface area contributed by atoms with Gasteiger partial charge < -0.3 is 14.9 Å². The summed E-state index contributed by atoms with van der Waals surface area (Å²) >= 11 is 6.02. The van der Waals surface area contributed by atoms with Gasteiger partial charge in [-0.05, 0) is 98.5 Å². The van der Waals surface area contributed by atoms with Gasteiger partial charge in [0.05, 0.1) is 6.10 Å². The Morgan fingerprint density at radius 2 is 1.72 bits per heavy atom. The van der Waals surface area contributed by atoms with Crippen LogP contribution in [-0.2, 0) is 17.6 Å². The van der Waals surface area contributed by atoms with Crippen LogP contribution >= 0.6 is 11.6 Å². The highest BCUT2D eigenvalue weighted by atomic mass is 35.5. The third-order valence-corrected chi connectivity index (χ3v) is 7.50. The van der Waals surface area contributed by atoms with Crippen LogP contribution in [0.3, 0.4) is 0 Å². The Morgan fingerprint density at radius 3 is 2.41 bits per heavy atom. The van der Waals surface area contributed by atoms with Crippen molar-refractivity contribution in [3.8, 4) is 0 Å². The molecule has 0 aliphatic carbocycles. The molecule has 4 rings (SSSR count). The van der Waals surface area contributed by atoms with Crippen molar-refractivity contribution in [3.63, 3.8) is 0 Å². The zero-order valence-corrected chi connectivity index (χ0v) is 19.9. The van der Waals surface area contributed by atoms with Gasteiger partial charge in [-0.15, -0.1) is 0 Å². The van der Waals surface area contributed by atoms with E-state index in [0.29, 0.717) is 5.92 Å². The number of hydrogen-bond acceptors (Lipinski definition) is 3. The molecule has 2 heterocycles. The molecule has 2 aromatic rings. The van der Waals surface area contributed by atoms with Crippen molar-refractivity contribution >= 4 is 17.5 Å². The van der Waals surface area contributed by atoms with Crippen LogP contribution < -0.4 is 0 Å². The normalized spacial score (nSPS) is 18.8. The first-order chi connectivity index (χ1) is 15.5. The lowest BCUT2D eigenvalue weighted by Crippen LogP contribution is -2.33. The minimum Gasteiger partial charge on any atom is -0.388 e. The van der Waals surface area contributed by atoms with E-state index in [0.717, 1.165) is 69.0 Å². The average molecular weight is 455 g/mol. The quantitative estimate of drug-likeness (QED) is 0.669. The van der Waals surface area contributed by atoms with E-state index in [9.17, 15) is 9.90 Å². The lowest BCUT2D eigenvalue weighted by Gasteiger charge is -2.32. The largest absolute Gasteiger partial charge is 0.388 e.